The zero-order valence-corrected chi connectivity index (χ0v) is 20.2. The maximum Gasteiger partial charge on any atom is 0.417 e. The summed E-state index contributed by atoms with van der Waals surface area (Å²) in [6.45, 7) is 3.35. The molecule has 0 saturated carbocycles. The van der Waals surface area contributed by atoms with Crippen LogP contribution >= 0.6 is 15.9 Å². The lowest BCUT2D eigenvalue weighted by Crippen LogP contribution is -2.51. The highest BCUT2D eigenvalue weighted by molar-refractivity contribution is 9.10. The first-order chi connectivity index (χ1) is 14.8. The zero-order chi connectivity index (χ0) is 23.9. The van der Waals surface area contributed by atoms with E-state index in [2.05, 4.69) is 25.9 Å². The summed E-state index contributed by atoms with van der Waals surface area (Å²) in [5, 5.41) is 11.7. The first-order valence-electron chi connectivity index (χ1n) is 10.0. The molecule has 0 saturated heterocycles. The minimum Gasteiger partial charge on any atom is -0.496 e. The number of nitrogens with zero attached hydrogens (tertiary/aromatic N) is 2. The number of rotatable bonds is 7. The standard InChI is InChI=1S/C23H27BrF3N3O2/c1-21(2,17-10-15(24)6-7-19(17)32-5)13-22(31,23(25,26)27)11-16-8-14-9-20(30(3)4)28-12-18(14)29-16/h6-10,12,29,31H,11,13H2,1-5H3. The van der Waals surface area contributed by atoms with Crippen LogP contribution in [0.25, 0.3) is 10.9 Å². The molecule has 0 aliphatic carbocycles. The molecule has 32 heavy (non-hydrogen) atoms. The van der Waals surface area contributed by atoms with E-state index in [9.17, 15) is 18.3 Å². The van der Waals surface area contributed by atoms with Crippen molar-refractivity contribution >= 4 is 32.7 Å². The van der Waals surface area contributed by atoms with E-state index in [0.29, 0.717) is 22.6 Å². The molecule has 5 nitrogen and oxygen atoms in total. The van der Waals surface area contributed by atoms with Crippen molar-refractivity contribution in [1.82, 2.24) is 9.97 Å². The summed E-state index contributed by atoms with van der Waals surface area (Å²) < 4.78 is 48.7. The number of pyridine rings is 1. The maximum absolute atomic E-state index is 14.2. The van der Waals surface area contributed by atoms with Crippen LogP contribution < -0.4 is 9.64 Å². The van der Waals surface area contributed by atoms with Gasteiger partial charge in [0, 0.05) is 41.6 Å². The molecule has 2 aromatic heterocycles. The molecular formula is C23H27BrF3N3O2. The number of ether oxygens (including phenoxy) is 1. The number of hydrogen-bond donors (Lipinski definition) is 2. The highest BCUT2D eigenvalue weighted by Gasteiger charge is 2.56. The molecule has 3 aromatic rings. The van der Waals surface area contributed by atoms with Gasteiger partial charge in [-0.15, -0.1) is 0 Å². The summed E-state index contributed by atoms with van der Waals surface area (Å²) in [5.41, 5.74) is -2.51. The molecule has 9 heteroatoms. The summed E-state index contributed by atoms with van der Waals surface area (Å²) in [6.07, 6.45) is -4.42. The van der Waals surface area contributed by atoms with Crippen LogP contribution in [0.1, 0.15) is 31.5 Å². The fourth-order valence-electron chi connectivity index (χ4n) is 4.03. The van der Waals surface area contributed by atoms with Gasteiger partial charge in [-0.25, -0.2) is 4.98 Å². The predicted octanol–water partition coefficient (Wildman–Crippen LogP) is 5.60. The Kier molecular flexibility index (Phi) is 6.55. The van der Waals surface area contributed by atoms with E-state index < -0.39 is 30.0 Å². The summed E-state index contributed by atoms with van der Waals surface area (Å²) >= 11 is 3.37. The molecule has 0 amide bonds. The SMILES string of the molecule is COc1ccc(Br)cc1C(C)(C)CC(O)(Cc1cc2cc(N(C)C)ncc2[nH]1)C(F)(F)F. The van der Waals surface area contributed by atoms with Gasteiger partial charge in [0.15, 0.2) is 5.60 Å². The number of H-pyrrole nitrogens is 1. The van der Waals surface area contributed by atoms with Crippen molar-refractivity contribution in [3.05, 3.63) is 52.3 Å². The number of halogens is 4. The van der Waals surface area contributed by atoms with Crippen LogP contribution in [0.15, 0.2) is 41.0 Å². The lowest BCUT2D eigenvalue weighted by molar-refractivity contribution is -0.266. The lowest BCUT2D eigenvalue weighted by Gasteiger charge is -2.38. The summed E-state index contributed by atoms with van der Waals surface area (Å²) in [6, 6.07) is 8.61. The van der Waals surface area contributed by atoms with Crippen molar-refractivity contribution in [3.8, 4) is 5.75 Å². The largest absolute Gasteiger partial charge is 0.496 e. The summed E-state index contributed by atoms with van der Waals surface area (Å²) in [4.78, 5) is 9.07. The van der Waals surface area contributed by atoms with Gasteiger partial charge in [0.1, 0.15) is 11.6 Å². The van der Waals surface area contributed by atoms with Crippen LogP contribution in [0, 0.1) is 0 Å². The molecule has 1 unspecified atom stereocenters. The Labute approximate surface area is 193 Å². The molecule has 0 spiro atoms. The van der Waals surface area contributed by atoms with Crippen molar-refractivity contribution in [2.75, 3.05) is 26.1 Å². The van der Waals surface area contributed by atoms with Crippen LogP contribution in [0.2, 0.25) is 0 Å². The minimum atomic E-state index is -4.84. The number of benzene rings is 1. The Hall–Kier alpha value is -2.26. The number of nitrogens with one attached hydrogen (secondary N) is 1. The molecule has 0 bridgehead atoms. The highest BCUT2D eigenvalue weighted by atomic mass is 79.9. The molecule has 0 aliphatic rings. The fraction of sp³-hybridized carbons (Fsp3) is 0.435. The van der Waals surface area contributed by atoms with Gasteiger partial charge in [-0.2, -0.15) is 13.2 Å². The van der Waals surface area contributed by atoms with Gasteiger partial charge in [-0.3, -0.25) is 0 Å². The van der Waals surface area contributed by atoms with Crippen molar-refractivity contribution in [2.45, 2.75) is 43.9 Å². The Morgan fingerprint density at radius 3 is 2.44 bits per heavy atom. The third-order valence-corrected chi connectivity index (χ3v) is 6.13. The third kappa shape index (κ3) is 4.88. The second kappa shape index (κ2) is 8.59. The first kappa shape index (κ1) is 24.4. The van der Waals surface area contributed by atoms with Gasteiger partial charge in [-0.1, -0.05) is 29.8 Å². The van der Waals surface area contributed by atoms with Crippen molar-refractivity contribution in [2.24, 2.45) is 0 Å². The molecule has 0 aliphatic heterocycles. The third-order valence-electron chi connectivity index (χ3n) is 5.64. The molecule has 1 aromatic carbocycles. The molecular weight excluding hydrogens is 487 g/mol. The number of aromatic nitrogens is 2. The Morgan fingerprint density at radius 2 is 1.84 bits per heavy atom. The van der Waals surface area contributed by atoms with Crippen molar-refractivity contribution in [1.29, 1.82) is 0 Å². The van der Waals surface area contributed by atoms with Gasteiger partial charge in [0.2, 0.25) is 0 Å². The van der Waals surface area contributed by atoms with Gasteiger partial charge in [0.05, 0.1) is 18.8 Å². The smallest absolute Gasteiger partial charge is 0.417 e. The molecule has 3 rings (SSSR count). The fourth-order valence-corrected chi connectivity index (χ4v) is 4.39. The number of anilines is 1. The van der Waals surface area contributed by atoms with E-state index >= 15 is 0 Å². The van der Waals surface area contributed by atoms with Crippen molar-refractivity contribution < 1.29 is 23.0 Å². The number of alkyl halides is 3. The van der Waals surface area contributed by atoms with E-state index in [1.807, 2.05) is 19.0 Å². The normalized spacial score (nSPS) is 14.4. The van der Waals surface area contributed by atoms with E-state index in [1.165, 1.54) is 7.11 Å². The minimum absolute atomic E-state index is 0.287. The van der Waals surface area contributed by atoms with E-state index in [1.54, 1.807) is 50.4 Å². The van der Waals surface area contributed by atoms with E-state index in [0.717, 1.165) is 9.86 Å². The Bertz CT molecular complexity index is 1110. The summed E-state index contributed by atoms with van der Waals surface area (Å²) in [7, 11) is 5.14. The number of aromatic amines is 1. The number of hydrogen-bond acceptors (Lipinski definition) is 4. The molecule has 2 N–H and O–H groups in total. The highest BCUT2D eigenvalue weighted by Crippen LogP contribution is 2.45. The van der Waals surface area contributed by atoms with Crippen LogP contribution in [0.3, 0.4) is 0 Å². The quantitative estimate of drug-likeness (QED) is 0.431. The Balaban J connectivity index is 1.99. The van der Waals surface area contributed by atoms with Crippen LogP contribution in [-0.2, 0) is 11.8 Å². The van der Waals surface area contributed by atoms with Gasteiger partial charge in [0.25, 0.3) is 0 Å². The number of fused-ring (bicyclic) bond motifs is 1. The molecule has 1 atom stereocenters. The molecule has 174 valence electrons. The molecule has 0 fully saturated rings. The number of methoxy groups -OCH3 is 1. The zero-order valence-electron chi connectivity index (χ0n) is 18.6. The first-order valence-corrected chi connectivity index (χ1v) is 10.8. The monoisotopic (exact) mass is 513 g/mol. The average Bonchev–Trinajstić information content (AvgIpc) is 3.07. The van der Waals surface area contributed by atoms with Crippen LogP contribution in [0.5, 0.6) is 5.75 Å². The maximum atomic E-state index is 14.2. The van der Waals surface area contributed by atoms with Crippen molar-refractivity contribution in [3.63, 3.8) is 0 Å². The lowest BCUT2D eigenvalue weighted by atomic mass is 9.73. The summed E-state index contributed by atoms with van der Waals surface area (Å²) in [5.74, 6) is 1.16. The molecule has 0 radical (unpaired) electrons. The van der Waals surface area contributed by atoms with Gasteiger partial charge >= 0.3 is 6.18 Å². The second-order valence-electron chi connectivity index (χ2n) is 8.93. The van der Waals surface area contributed by atoms with E-state index in [-0.39, 0.29) is 5.69 Å². The molecule has 2 heterocycles. The van der Waals surface area contributed by atoms with Crippen LogP contribution in [0.4, 0.5) is 19.0 Å². The Morgan fingerprint density at radius 1 is 1.16 bits per heavy atom. The topological polar surface area (TPSA) is 61.4 Å². The van der Waals surface area contributed by atoms with Gasteiger partial charge < -0.3 is 19.7 Å². The van der Waals surface area contributed by atoms with Crippen LogP contribution in [-0.4, -0.2) is 48.1 Å². The predicted molar refractivity (Wildman–Crippen MR) is 123 cm³/mol. The van der Waals surface area contributed by atoms with Gasteiger partial charge in [-0.05, 0) is 42.2 Å². The number of aliphatic hydroxyl groups is 1. The average molecular weight is 514 g/mol. The van der Waals surface area contributed by atoms with E-state index in [4.69, 9.17) is 4.74 Å². The second-order valence-corrected chi connectivity index (χ2v) is 9.85.